The molecule has 0 saturated carbocycles. The van der Waals surface area contributed by atoms with Crippen molar-refractivity contribution in [1.82, 2.24) is 0 Å². The van der Waals surface area contributed by atoms with E-state index in [1.54, 1.807) is 0 Å². The molecule has 3 N–H and O–H groups in total. The number of rotatable bonds is 7. The van der Waals surface area contributed by atoms with Crippen molar-refractivity contribution in [3.05, 3.63) is 23.8 Å². The second-order valence-electron chi connectivity index (χ2n) is 4.09. The average Bonchev–Trinajstić information content (AvgIpc) is 2.37. The van der Waals surface area contributed by atoms with E-state index in [9.17, 15) is 21.6 Å². The minimum atomic E-state index is -4.04. The van der Waals surface area contributed by atoms with Crippen molar-refractivity contribution in [3.8, 4) is 5.75 Å². The third kappa shape index (κ3) is 4.99. The number of carboxylic acids is 1. The fourth-order valence-corrected chi connectivity index (χ4v) is 2.57. The van der Waals surface area contributed by atoms with Gasteiger partial charge in [-0.1, -0.05) is 6.92 Å². The fourth-order valence-electron chi connectivity index (χ4n) is 1.40. The Bertz CT molecular complexity index is 738. The molecule has 0 aliphatic carbocycles. The van der Waals surface area contributed by atoms with Crippen molar-refractivity contribution >= 4 is 25.8 Å². The molecule has 0 fully saturated rings. The van der Waals surface area contributed by atoms with E-state index < -0.39 is 31.4 Å². The van der Waals surface area contributed by atoms with Gasteiger partial charge in [-0.15, -0.1) is 0 Å². The van der Waals surface area contributed by atoms with Crippen LogP contribution in [0, 0.1) is 0 Å². The number of carboxylic acid groups (broad SMARTS) is 1. The molecule has 0 aromatic heterocycles. The van der Waals surface area contributed by atoms with E-state index in [0.29, 0.717) is 0 Å². The molecule has 0 atom stereocenters. The van der Waals surface area contributed by atoms with Crippen LogP contribution < -0.4 is 9.88 Å². The summed E-state index contributed by atoms with van der Waals surface area (Å²) in [5, 5.41) is 13.9. The Morgan fingerprint density at radius 3 is 2.38 bits per heavy atom. The standard InChI is InChI=1S/C11H15NO7S2/c1-2-20(15,16)6-5-19-10-4-3-8(21(12,17)18)7-9(10)11(13)14/h3-4,7H,2,5-6H2,1H3,(H,13,14)(H2,12,17,18). The van der Waals surface area contributed by atoms with Gasteiger partial charge in [-0.2, -0.15) is 0 Å². The largest absolute Gasteiger partial charge is 0.492 e. The molecule has 1 aromatic rings. The molecule has 21 heavy (non-hydrogen) atoms. The first-order chi connectivity index (χ1) is 9.57. The molecule has 0 bridgehead atoms. The van der Waals surface area contributed by atoms with Crippen molar-refractivity contribution < 1.29 is 31.5 Å². The highest BCUT2D eigenvalue weighted by molar-refractivity contribution is 7.91. The summed E-state index contributed by atoms with van der Waals surface area (Å²) < 4.78 is 50.0. The van der Waals surface area contributed by atoms with Gasteiger partial charge in [0, 0.05) is 5.75 Å². The van der Waals surface area contributed by atoms with Crippen LogP contribution in [0.3, 0.4) is 0 Å². The molecular formula is C11H15NO7S2. The van der Waals surface area contributed by atoms with Crippen LogP contribution in [-0.2, 0) is 19.9 Å². The van der Waals surface area contributed by atoms with E-state index in [4.69, 9.17) is 15.0 Å². The topological polar surface area (TPSA) is 141 Å². The maximum Gasteiger partial charge on any atom is 0.339 e. The monoisotopic (exact) mass is 337 g/mol. The summed E-state index contributed by atoms with van der Waals surface area (Å²) >= 11 is 0. The maximum absolute atomic E-state index is 11.3. The number of hydrogen-bond acceptors (Lipinski definition) is 6. The van der Waals surface area contributed by atoms with E-state index in [1.165, 1.54) is 6.92 Å². The Kier molecular flexibility index (Phi) is 5.31. The molecule has 0 saturated heterocycles. The van der Waals surface area contributed by atoms with Crippen molar-refractivity contribution in [2.24, 2.45) is 5.14 Å². The lowest BCUT2D eigenvalue weighted by Gasteiger charge is -2.10. The van der Waals surface area contributed by atoms with Gasteiger partial charge >= 0.3 is 5.97 Å². The van der Waals surface area contributed by atoms with Gasteiger partial charge in [0.2, 0.25) is 10.0 Å². The van der Waals surface area contributed by atoms with Crippen molar-refractivity contribution in [1.29, 1.82) is 0 Å². The summed E-state index contributed by atoms with van der Waals surface area (Å²) in [5.41, 5.74) is -0.407. The van der Waals surface area contributed by atoms with Crippen LogP contribution in [0.4, 0.5) is 0 Å². The zero-order valence-electron chi connectivity index (χ0n) is 11.1. The first kappa shape index (κ1) is 17.4. The van der Waals surface area contributed by atoms with E-state index in [2.05, 4.69) is 0 Å². The Hall–Kier alpha value is -1.65. The van der Waals surface area contributed by atoms with Crippen molar-refractivity contribution in [2.45, 2.75) is 11.8 Å². The van der Waals surface area contributed by atoms with E-state index in [1.807, 2.05) is 0 Å². The molecule has 0 unspecified atom stereocenters. The highest BCUT2D eigenvalue weighted by Gasteiger charge is 2.17. The van der Waals surface area contributed by atoms with Gasteiger partial charge < -0.3 is 9.84 Å². The first-order valence-corrected chi connectivity index (χ1v) is 9.17. The van der Waals surface area contributed by atoms with Crippen molar-refractivity contribution in [3.63, 3.8) is 0 Å². The number of sulfonamides is 1. The minimum absolute atomic E-state index is 0.0491. The predicted molar refractivity (Wildman–Crippen MR) is 74.6 cm³/mol. The molecule has 10 heteroatoms. The number of carbonyl (C=O) groups is 1. The Morgan fingerprint density at radius 1 is 1.29 bits per heavy atom. The molecule has 0 amide bonds. The van der Waals surface area contributed by atoms with Gasteiger partial charge in [0.25, 0.3) is 0 Å². The van der Waals surface area contributed by atoms with E-state index >= 15 is 0 Å². The molecule has 0 heterocycles. The zero-order valence-corrected chi connectivity index (χ0v) is 12.8. The lowest BCUT2D eigenvalue weighted by molar-refractivity contribution is 0.0692. The van der Waals surface area contributed by atoms with E-state index in [-0.39, 0.29) is 28.8 Å². The van der Waals surface area contributed by atoms with Gasteiger partial charge in [0.05, 0.1) is 10.6 Å². The number of ether oxygens (including phenoxy) is 1. The smallest absolute Gasteiger partial charge is 0.339 e. The molecule has 0 spiro atoms. The maximum atomic E-state index is 11.3. The van der Waals surface area contributed by atoms with Crippen LogP contribution in [0.5, 0.6) is 5.75 Å². The lowest BCUT2D eigenvalue weighted by Crippen LogP contribution is -2.17. The second kappa shape index (κ2) is 6.41. The van der Waals surface area contributed by atoms with Crippen LogP contribution >= 0.6 is 0 Å². The van der Waals surface area contributed by atoms with Crippen LogP contribution in [0.15, 0.2) is 23.1 Å². The number of primary sulfonamides is 1. The van der Waals surface area contributed by atoms with Gasteiger partial charge in [-0.3, -0.25) is 0 Å². The lowest BCUT2D eigenvalue weighted by atomic mass is 10.2. The van der Waals surface area contributed by atoms with Gasteiger partial charge in [0.15, 0.2) is 9.84 Å². The van der Waals surface area contributed by atoms with Crippen LogP contribution in [0.1, 0.15) is 17.3 Å². The third-order valence-corrected chi connectivity index (χ3v) is 5.18. The Morgan fingerprint density at radius 2 is 1.90 bits per heavy atom. The molecule has 0 aliphatic rings. The normalized spacial score (nSPS) is 12.1. The number of aromatic carboxylic acids is 1. The van der Waals surface area contributed by atoms with Gasteiger partial charge in [0.1, 0.15) is 17.9 Å². The molecule has 1 aromatic carbocycles. The molecule has 8 nitrogen and oxygen atoms in total. The summed E-state index contributed by atoms with van der Waals surface area (Å²) in [6.45, 7) is 1.25. The first-order valence-electron chi connectivity index (χ1n) is 5.80. The summed E-state index contributed by atoms with van der Waals surface area (Å²) in [5.74, 6) is -1.85. The van der Waals surface area contributed by atoms with Gasteiger partial charge in [-0.25, -0.2) is 26.8 Å². The fraction of sp³-hybridized carbons (Fsp3) is 0.364. The minimum Gasteiger partial charge on any atom is -0.492 e. The molecule has 1 rings (SSSR count). The number of nitrogens with two attached hydrogens (primary N) is 1. The molecule has 0 aliphatic heterocycles. The van der Waals surface area contributed by atoms with Crippen LogP contribution in [-0.4, -0.2) is 46.0 Å². The number of benzene rings is 1. The summed E-state index contributed by atoms with van der Waals surface area (Å²) in [4.78, 5) is 10.7. The quantitative estimate of drug-likeness (QED) is 0.704. The summed E-state index contributed by atoms with van der Waals surface area (Å²) in [6, 6.07) is 3.08. The van der Waals surface area contributed by atoms with Crippen LogP contribution in [0.25, 0.3) is 0 Å². The average molecular weight is 337 g/mol. The van der Waals surface area contributed by atoms with Crippen molar-refractivity contribution in [2.75, 3.05) is 18.1 Å². The number of sulfone groups is 1. The Balaban J connectivity index is 3.01. The summed E-state index contributed by atoms with van der Waals surface area (Å²) in [6.07, 6.45) is 0. The number of hydrogen-bond donors (Lipinski definition) is 2. The highest BCUT2D eigenvalue weighted by Crippen LogP contribution is 2.22. The van der Waals surface area contributed by atoms with Crippen LogP contribution in [0.2, 0.25) is 0 Å². The van der Waals surface area contributed by atoms with Gasteiger partial charge in [-0.05, 0) is 18.2 Å². The SMILES string of the molecule is CCS(=O)(=O)CCOc1ccc(S(N)(=O)=O)cc1C(=O)O. The second-order valence-corrected chi connectivity index (χ2v) is 8.13. The third-order valence-electron chi connectivity index (χ3n) is 2.60. The predicted octanol–water partition coefficient (Wildman–Crippen LogP) is -0.154. The van der Waals surface area contributed by atoms with E-state index in [0.717, 1.165) is 18.2 Å². The summed E-state index contributed by atoms with van der Waals surface area (Å²) in [7, 11) is -7.28. The molecular weight excluding hydrogens is 322 g/mol. The zero-order chi connectivity index (χ0) is 16.3. The Labute approximate surface area is 122 Å². The molecule has 118 valence electrons. The molecule has 0 radical (unpaired) electrons. The highest BCUT2D eigenvalue weighted by atomic mass is 32.2.